The van der Waals surface area contributed by atoms with Crippen LogP contribution < -0.4 is 9.47 Å². The van der Waals surface area contributed by atoms with E-state index < -0.39 is 12.0 Å². The Hall–Kier alpha value is -3.06. The maximum absolute atomic E-state index is 12.6. The molecule has 0 radical (unpaired) electrons. The predicted molar refractivity (Wildman–Crippen MR) is 101 cm³/mol. The molecule has 1 aliphatic rings. The number of carboxylic acids is 1. The number of para-hydroxylation sites is 2. The van der Waals surface area contributed by atoms with Gasteiger partial charge in [0.2, 0.25) is 0 Å². The number of carboxylic acid groups (broad SMARTS) is 1. The Morgan fingerprint density at radius 1 is 1.04 bits per heavy atom. The molecule has 7 heteroatoms. The molecule has 7 nitrogen and oxygen atoms in total. The van der Waals surface area contributed by atoms with Gasteiger partial charge in [-0.2, -0.15) is 0 Å². The summed E-state index contributed by atoms with van der Waals surface area (Å²) in [6.07, 6.45) is -0.150. The molecule has 2 aromatic carbocycles. The van der Waals surface area contributed by atoms with Crippen molar-refractivity contribution in [2.45, 2.75) is 19.1 Å². The monoisotopic (exact) mass is 385 g/mol. The maximum atomic E-state index is 12.6. The van der Waals surface area contributed by atoms with Gasteiger partial charge < -0.3 is 24.2 Å². The van der Waals surface area contributed by atoms with E-state index in [0.29, 0.717) is 31.3 Å². The molecule has 28 heavy (non-hydrogen) atoms. The first-order valence-corrected chi connectivity index (χ1v) is 9.11. The fourth-order valence-corrected chi connectivity index (χ4v) is 3.00. The SMILES string of the molecule is O=C(O)CC1COCCN1C(=O)COc1ccccc1OCc1ccccc1. The van der Waals surface area contributed by atoms with Crippen molar-refractivity contribution in [1.82, 2.24) is 4.90 Å². The van der Waals surface area contributed by atoms with E-state index >= 15 is 0 Å². The Morgan fingerprint density at radius 3 is 2.43 bits per heavy atom. The molecule has 1 atom stereocenters. The third kappa shape index (κ3) is 5.47. The van der Waals surface area contributed by atoms with E-state index in [1.807, 2.05) is 36.4 Å². The smallest absolute Gasteiger partial charge is 0.305 e. The van der Waals surface area contributed by atoms with Crippen LogP contribution in [0.25, 0.3) is 0 Å². The van der Waals surface area contributed by atoms with Crippen molar-refractivity contribution in [2.75, 3.05) is 26.4 Å². The van der Waals surface area contributed by atoms with Crippen molar-refractivity contribution < 1.29 is 28.9 Å². The highest BCUT2D eigenvalue weighted by Gasteiger charge is 2.29. The maximum Gasteiger partial charge on any atom is 0.305 e. The molecule has 2 aromatic rings. The summed E-state index contributed by atoms with van der Waals surface area (Å²) in [7, 11) is 0. The number of benzene rings is 2. The summed E-state index contributed by atoms with van der Waals surface area (Å²) in [5.74, 6) is -0.223. The molecule has 0 saturated carbocycles. The van der Waals surface area contributed by atoms with Crippen LogP contribution >= 0.6 is 0 Å². The normalized spacial score (nSPS) is 16.4. The number of rotatable bonds is 8. The van der Waals surface area contributed by atoms with Gasteiger partial charge in [-0.05, 0) is 17.7 Å². The molecular weight excluding hydrogens is 362 g/mol. The molecule has 1 amide bonds. The minimum absolute atomic E-state index is 0.150. The van der Waals surface area contributed by atoms with E-state index in [0.717, 1.165) is 5.56 Å². The first-order valence-electron chi connectivity index (χ1n) is 9.11. The first kappa shape index (κ1) is 19.7. The van der Waals surface area contributed by atoms with Gasteiger partial charge in [-0.3, -0.25) is 9.59 Å². The predicted octanol–water partition coefficient (Wildman–Crippen LogP) is 2.35. The van der Waals surface area contributed by atoms with Crippen LogP contribution in [0.1, 0.15) is 12.0 Å². The van der Waals surface area contributed by atoms with Gasteiger partial charge in [0.1, 0.15) is 6.61 Å². The molecule has 0 bridgehead atoms. The second kappa shape index (κ2) is 9.75. The van der Waals surface area contributed by atoms with Crippen molar-refractivity contribution in [2.24, 2.45) is 0 Å². The van der Waals surface area contributed by atoms with Crippen LogP contribution in [0.15, 0.2) is 54.6 Å². The molecule has 1 aliphatic heterocycles. The summed E-state index contributed by atoms with van der Waals surface area (Å²) in [4.78, 5) is 25.1. The lowest BCUT2D eigenvalue weighted by Crippen LogP contribution is -2.51. The van der Waals surface area contributed by atoms with Crippen molar-refractivity contribution in [3.8, 4) is 11.5 Å². The number of amides is 1. The van der Waals surface area contributed by atoms with E-state index in [1.54, 1.807) is 18.2 Å². The Morgan fingerprint density at radius 2 is 1.71 bits per heavy atom. The molecular formula is C21H23NO6. The van der Waals surface area contributed by atoms with Crippen LogP contribution in [-0.4, -0.2) is 54.3 Å². The zero-order valence-corrected chi connectivity index (χ0v) is 15.5. The molecule has 3 rings (SSSR count). The summed E-state index contributed by atoms with van der Waals surface area (Å²) in [5.41, 5.74) is 1.03. The summed E-state index contributed by atoms with van der Waals surface area (Å²) >= 11 is 0. The van der Waals surface area contributed by atoms with Gasteiger partial charge in [0.05, 0.1) is 25.7 Å². The highest BCUT2D eigenvalue weighted by Crippen LogP contribution is 2.27. The number of hydrogen-bond donors (Lipinski definition) is 1. The Bertz CT molecular complexity index is 794. The second-order valence-electron chi connectivity index (χ2n) is 6.42. The minimum Gasteiger partial charge on any atom is -0.485 e. The lowest BCUT2D eigenvalue weighted by molar-refractivity contribution is -0.147. The molecule has 0 aromatic heterocycles. The van der Waals surface area contributed by atoms with Crippen LogP contribution in [0.4, 0.5) is 0 Å². The van der Waals surface area contributed by atoms with Gasteiger partial charge in [0.25, 0.3) is 5.91 Å². The topological polar surface area (TPSA) is 85.3 Å². The van der Waals surface area contributed by atoms with E-state index in [9.17, 15) is 9.59 Å². The van der Waals surface area contributed by atoms with E-state index in [1.165, 1.54) is 4.90 Å². The van der Waals surface area contributed by atoms with E-state index in [2.05, 4.69) is 0 Å². The Labute approximate surface area is 163 Å². The minimum atomic E-state index is -0.964. The standard InChI is InChI=1S/C21H23NO6/c23-20(22-10-11-26-14-17(22)12-21(24)25)15-28-19-9-5-4-8-18(19)27-13-16-6-2-1-3-7-16/h1-9,17H,10-15H2,(H,24,25). The molecule has 1 N–H and O–H groups in total. The lowest BCUT2D eigenvalue weighted by Gasteiger charge is -2.34. The van der Waals surface area contributed by atoms with Gasteiger partial charge in [0, 0.05) is 6.54 Å². The second-order valence-corrected chi connectivity index (χ2v) is 6.42. The quantitative estimate of drug-likeness (QED) is 0.751. The Balaban J connectivity index is 1.59. The number of aliphatic carboxylic acids is 1. The lowest BCUT2D eigenvalue weighted by atomic mass is 10.1. The number of carbonyl (C=O) groups is 2. The van der Waals surface area contributed by atoms with Gasteiger partial charge in [-0.25, -0.2) is 0 Å². The number of ether oxygens (including phenoxy) is 3. The van der Waals surface area contributed by atoms with E-state index in [-0.39, 0.29) is 25.5 Å². The van der Waals surface area contributed by atoms with Crippen LogP contribution in [0.3, 0.4) is 0 Å². The zero-order valence-electron chi connectivity index (χ0n) is 15.5. The third-order valence-electron chi connectivity index (χ3n) is 4.40. The molecule has 1 heterocycles. The highest BCUT2D eigenvalue weighted by molar-refractivity contribution is 5.79. The van der Waals surface area contributed by atoms with Crippen molar-refractivity contribution in [3.05, 3.63) is 60.2 Å². The van der Waals surface area contributed by atoms with Gasteiger partial charge in [-0.1, -0.05) is 42.5 Å². The molecule has 1 unspecified atom stereocenters. The fourth-order valence-electron chi connectivity index (χ4n) is 3.00. The van der Waals surface area contributed by atoms with Crippen molar-refractivity contribution in [1.29, 1.82) is 0 Å². The van der Waals surface area contributed by atoms with Gasteiger partial charge >= 0.3 is 5.97 Å². The average molecular weight is 385 g/mol. The third-order valence-corrected chi connectivity index (χ3v) is 4.40. The van der Waals surface area contributed by atoms with Crippen LogP contribution in [0.2, 0.25) is 0 Å². The summed E-state index contributed by atoms with van der Waals surface area (Å²) in [5, 5.41) is 9.02. The van der Waals surface area contributed by atoms with Crippen LogP contribution in [0.5, 0.6) is 11.5 Å². The molecule has 1 fully saturated rings. The molecule has 148 valence electrons. The highest BCUT2D eigenvalue weighted by atomic mass is 16.5. The van der Waals surface area contributed by atoms with Gasteiger partial charge in [-0.15, -0.1) is 0 Å². The van der Waals surface area contributed by atoms with Crippen LogP contribution in [-0.2, 0) is 20.9 Å². The average Bonchev–Trinajstić information content (AvgIpc) is 2.72. The number of hydrogen-bond acceptors (Lipinski definition) is 5. The summed E-state index contributed by atoms with van der Waals surface area (Å²) in [6, 6.07) is 16.4. The fraction of sp³-hybridized carbons (Fsp3) is 0.333. The largest absolute Gasteiger partial charge is 0.485 e. The molecule has 0 spiro atoms. The van der Waals surface area contributed by atoms with Crippen LogP contribution in [0, 0.1) is 0 Å². The number of nitrogens with zero attached hydrogens (tertiary/aromatic N) is 1. The summed E-state index contributed by atoms with van der Waals surface area (Å²) < 4.78 is 16.8. The van der Waals surface area contributed by atoms with Gasteiger partial charge in [0.15, 0.2) is 18.1 Å². The number of morpholine rings is 1. The summed E-state index contributed by atoms with van der Waals surface area (Å²) in [6.45, 7) is 1.15. The Kier molecular flexibility index (Phi) is 6.86. The first-order chi connectivity index (χ1) is 13.6. The molecule has 1 saturated heterocycles. The number of carbonyl (C=O) groups excluding carboxylic acids is 1. The van der Waals surface area contributed by atoms with Crippen molar-refractivity contribution >= 4 is 11.9 Å². The van der Waals surface area contributed by atoms with Crippen molar-refractivity contribution in [3.63, 3.8) is 0 Å². The molecule has 0 aliphatic carbocycles. The zero-order chi connectivity index (χ0) is 19.8. The van der Waals surface area contributed by atoms with E-state index in [4.69, 9.17) is 19.3 Å².